The minimum Gasteiger partial charge on any atom is -0.279 e. The van der Waals surface area contributed by atoms with Crippen LogP contribution in [0.3, 0.4) is 0 Å². The lowest BCUT2D eigenvalue weighted by molar-refractivity contribution is 0.535. The van der Waals surface area contributed by atoms with E-state index in [9.17, 15) is 9.59 Å². The molecule has 0 saturated heterocycles. The van der Waals surface area contributed by atoms with E-state index in [0.717, 1.165) is 45.1 Å². The van der Waals surface area contributed by atoms with Gasteiger partial charge in [0.15, 0.2) is 5.65 Å². The van der Waals surface area contributed by atoms with Crippen molar-refractivity contribution in [2.45, 2.75) is 78.3 Å². The van der Waals surface area contributed by atoms with E-state index < -0.39 is 0 Å². The van der Waals surface area contributed by atoms with Crippen molar-refractivity contribution in [1.29, 1.82) is 0 Å². The molecule has 24 heavy (non-hydrogen) atoms. The molecule has 134 valence electrons. The third-order valence-electron chi connectivity index (χ3n) is 4.53. The lowest BCUT2D eigenvalue weighted by atomic mass is 10.2. The van der Waals surface area contributed by atoms with E-state index in [1.54, 1.807) is 13.2 Å². The molecule has 0 N–H and O–H groups in total. The van der Waals surface area contributed by atoms with Crippen molar-refractivity contribution in [3.05, 3.63) is 27.0 Å². The van der Waals surface area contributed by atoms with Crippen LogP contribution < -0.4 is 11.2 Å². The highest BCUT2D eigenvalue weighted by molar-refractivity contribution is 5.73. The van der Waals surface area contributed by atoms with Crippen LogP contribution >= 0.6 is 0 Å². The third-order valence-corrected chi connectivity index (χ3v) is 4.53. The summed E-state index contributed by atoms with van der Waals surface area (Å²) >= 11 is 0. The molecule has 6 heteroatoms. The molecule has 0 saturated carbocycles. The number of hydrogen-bond donors (Lipinski definition) is 0. The van der Waals surface area contributed by atoms with Crippen molar-refractivity contribution >= 4 is 11.0 Å². The Hall–Kier alpha value is -1.85. The maximum absolute atomic E-state index is 12.7. The van der Waals surface area contributed by atoms with Gasteiger partial charge in [-0.3, -0.25) is 18.6 Å². The Morgan fingerprint density at radius 1 is 0.917 bits per heavy atom. The van der Waals surface area contributed by atoms with E-state index in [1.165, 1.54) is 22.0 Å². The molecule has 0 bridgehead atoms. The standard InChI is InChI=1S/C18H30N4O2/c1-4-6-8-10-12-21-14-15-16(19-21)20(3)18(24)22(17(15)23)13-11-9-7-5-2/h14H,4-13H2,1-3H3. The third kappa shape index (κ3) is 4.16. The van der Waals surface area contributed by atoms with Gasteiger partial charge < -0.3 is 0 Å². The molecule has 2 rings (SSSR count). The van der Waals surface area contributed by atoms with Gasteiger partial charge in [0.05, 0.1) is 0 Å². The summed E-state index contributed by atoms with van der Waals surface area (Å²) in [7, 11) is 1.70. The molecular formula is C18H30N4O2. The highest BCUT2D eigenvalue weighted by Crippen LogP contribution is 2.08. The molecule has 0 aliphatic rings. The average Bonchev–Trinajstić information content (AvgIpc) is 3.01. The number of rotatable bonds is 10. The topological polar surface area (TPSA) is 61.8 Å². The number of unbranched alkanes of at least 4 members (excludes halogenated alkanes) is 6. The second kappa shape index (κ2) is 8.85. The highest BCUT2D eigenvalue weighted by Gasteiger charge is 2.14. The average molecular weight is 334 g/mol. The lowest BCUT2D eigenvalue weighted by Crippen LogP contribution is -2.38. The summed E-state index contributed by atoms with van der Waals surface area (Å²) in [5.74, 6) is 0. The van der Waals surface area contributed by atoms with Crippen LogP contribution in [-0.2, 0) is 20.1 Å². The van der Waals surface area contributed by atoms with Crippen molar-refractivity contribution < 1.29 is 0 Å². The molecule has 0 aliphatic carbocycles. The fraction of sp³-hybridized carbons (Fsp3) is 0.722. The minimum absolute atomic E-state index is 0.204. The molecule has 2 aromatic heterocycles. The first-order valence-electron chi connectivity index (χ1n) is 9.27. The Morgan fingerprint density at radius 3 is 2.17 bits per heavy atom. The first kappa shape index (κ1) is 18.5. The van der Waals surface area contributed by atoms with Crippen LogP contribution in [-0.4, -0.2) is 18.9 Å². The van der Waals surface area contributed by atoms with Gasteiger partial charge in [0, 0.05) is 26.3 Å². The molecule has 0 radical (unpaired) electrons. The molecule has 0 atom stereocenters. The Labute approximate surface area is 143 Å². The summed E-state index contributed by atoms with van der Waals surface area (Å²) in [6, 6.07) is 0. The van der Waals surface area contributed by atoms with Crippen molar-refractivity contribution in [2.24, 2.45) is 7.05 Å². The maximum Gasteiger partial charge on any atom is 0.332 e. The van der Waals surface area contributed by atoms with Crippen molar-refractivity contribution in [3.8, 4) is 0 Å². The van der Waals surface area contributed by atoms with Crippen molar-refractivity contribution in [2.75, 3.05) is 0 Å². The van der Waals surface area contributed by atoms with Crippen molar-refractivity contribution in [3.63, 3.8) is 0 Å². The van der Waals surface area contributed by atoms with E-state index in [0.29, 0.717) is 17.6 Å². The molecule has 0 amide bonds. The van der Waals surface area contributed by atoms with Gasteiger partial charge in [0.25, 0.3) is 5.56 Å². The predicted octanol–water partition coefficient (Wildman–Crippen LogP) is 3.06. The monoisotopic (exact) mass is 334 g/mol. The fourth-order valence-corrected chi connectivity index (χ4v) is 3.02. The summed E-state index contributed by atoms with van der Waals surface area (Å²) in [5.41, 5.74) is 0.0231. The van der Waals surface area contributed by atoms with Crippen LogP contribution in [0.2, 0.25) is 0 Å². The molecule has 0 fully saturated rings. The summed E-state index contributed by atoms with van der Waals surface area (Å²) < 4.78 is 4.67. The Bertz CT molecular complexity index is 770. The number of nitrogens with zero attached hydrogens (tertiary/aromatic N) is 4. The highest BCUT2D eigenvalue weighted by atomic mass is 16.2. The normalized spacial score (nSPS) is 11.5. The van der Waals surface area contributed by atoms with Gasteiger partial charge in [0.2, 0.25) is 0 Å². The zero-order chi connectivity index (χ0) is 17.5. The van der Waals surface area contributed by atoms with Gasteiger partial charge in [-0.1, -0.05) is 52.4 Å². The predicted molar refractivity (Wildman–Crippen MR) is 97.5 cm³/mol. The molecular weight excluding hydrogens is 304 g/mol. The second-order valence-electron chi connectivity index (χ2n) is 6.55. The summed E-state index contributed by atoms with van der Waals surface area (Å²) in [5, 5.41) is 4.99. The second-order valence-corrected chi connectivity index (χ2v) is 6.55. The van der Waals surface area contributed by atoms with Crippen LogP contribution in [0, 0.1) is 0 Å². The van der Waals surface area contributed by atoms with Crippen LogP contribution in [0.1, 0.15) is 65.2 Å². The zero-order valence-electron chi connectivity index (χ0n) is 15.3. The van der Waals surface area contributed by atoms with Gasteiger partial charge in [-0.15, -0.1) is 0 Å². The number of aromatic nitrogens is 4. The molecule has 6 nitrogen and oxygen atoms in total. The number of fused-ring (bicyclic) bond motifs is 1. The van der Waals surface area contributed by atoms with Crippen LogP contribution in [0.25, 0.3) is 11.0 Å². The summed E-state index contributed by atoms with van der Waals surface area (Å²) in [6.07, 6.45) is 10.6. The van der Waals surface area contributed by atoms with Gasteiger partial charge in [-0.2, -0.15) is 5.10 Å². The fourth-order valence-electron chi connectivity index (χ4n) is 3.02. The Morgan fingerprint density at radius 2 is 1.54 bits per heavy atom. The van der Waals surface area contributed by atoms with Crippen LogP contribution in [0.4, 0.5) is 0 Å². The molecule has 0 aromatic carbocycles. The molecule has 2 heterocycles. The molecule has 0 unspecified atom stereocenters. The zero-order valence-corrected chi connectivity index (χ0v) is 15.3. The lowest BCUT2D eigenvalue weighted by Gasteiger charge is -2.07. The van der Waals surface area contributed by atoms with Crippen molar-refractivity contribution in [1.82, 2.24) is 18.9 Å². The molecule has 2 aromatic rings. The van der Waals surface area contributed by atoms with Gasteiger partial charge >= 0.3 is 5.69 Å². The maximum atomic E-state index is 12.7. The van der Waals surface area contributed by atoms with Crippen LogP contribution in [0.15, 0.2) is 15.8 Å². The number of hydrogen-bond acceptors (Lipinski definition) is 3. The van der Waals surface area contributed by atoms with E-state index in [-0.39, 0.29) is 11.2 Å². The van der Waals surface area contributed by atoms with E-state index in [2.05, 4.69) is 18.9 Å². The van der Waals surface area contributed by atoms with Gasteiger partial charge in [0.1, 0.15) is 5.39 Å². The first-order valence-corrected chi connectivity index (χ1v) is 9.27. The first-order chi connectivity index (χ1) is 11.6. The smallest absolute Gasteiger partial charge is 0.279 e. The van der Waals surface area contributed by atoms with E-state index in [1.807, 2.05) is 4.68 Å². The quantitative estimate of drug-likeness (QED) is 0.627. The molecule has 0 aliphatic heterocycles. The largest absolute Gasteiger partial charge is 0.332 e. The Kier molecular flexibility index (Phi) is 6.82. The van der Waals surface area contributed by atoms with Gasteiger partial charge in [-0.25, -0.2) is 4.79 Å². The summed E-state index contributed by atoms with van der Waals surface area (Å²) in [6.45, 7) is 5.61. The van der Waals surface area contributed by atoms with E-state index >= 15 is 0 Å². The summed E-state index contributed by atoms with van der Waals surface area (Å²) in [4.78, 5) is 25.1. The van der Waals surface area contributed by atoms with Crippen LogP contribution in [0.5, 0.6) is 0 Å². The SMILES string of the molecule is CCCCCCn1cc2c(=O)n(CCCCCC)c(=O)n(C)c2n1. The number of aryl methyl sites for hydroxylation is 2. The Balaban J connectivity index is 2.24. The minimum atomic E-state index is -0.264. The molecule has 0 spiro atoms. The van der Waals surface area contributed by atoms with E-state index in [4.69, 9.17) is 0 Å². The van der Waals surface area contributed by atoms with Gasteiger partial charge in [-0.05, 0) is 12.8 Å².